The fourth-order valence-electron chi connectivity index (χ4n) is 1.01. The summed E-state index contributed by atoms with van der Waals surface area (Å²) in [5.74, 6) is -0.708. The number of amides is 1. The topological polar surface area (TPSA) is 46.3 Å². The van der Waals surface area contributed by atoms with E-state index in [1.54, 1.807) is 5.38 Å². The number of halogens is 3. The van der Waals surface area contributed by atoms with Crippen molar-refractivity contribution in [2.45, 2.75) is 6.18 Å². The van der Waals surface area contributed by atoms with Crippen molar-refractivity contribution in [3.8, 4) is 0 Å². The molecule has 15 heavy (non-hydrogen) atoms. The molecule has 1 amide bonds. The molecular formula is C8H9F3N2OS. The Labute approximate surface area is 88.3 Å². The van der Waals surface area contributed by atoms with Crippen molar-refractivity contribution in [2.75, 3.05) is 19.3 Å². The molecule has 0 aliphatic heterocycles. The molecule has 1 aromatic rings. The van der Waals surface area contributed by atoms with Crippen LogP contribution in [0.4, 0.5) is 18.9 Å². The summed E-state index contributed by atoms with van der Waals surface area (Å²) < 4.78 is 36.0. The van der Waals surface area contributed by atoms with E-state index >= 15 is 0 Å². The number of thiophene rings is 1. The van der Waals surface area contributed by atoms with Crippen LogP contribution >= 0.6 is 11.3 Å². The number of nitrogens with two attached hydrogens (primary N) is 1. The number of alkyl halides is 3. The molecule has 0 fully saturated rings. The number of nitrogen functional groups attached to an aromatic ring is 1. The third-order valence-corrected chi connectivity index (χ3v) is 2.57. The molecule has 0 unspecified atom stereocenters. The Bertz CT molecular complexity index is 361. The average Bonchev–Trinajstić information content (AvgIpc) is 2.47. The van der Waals surface area contributed by atoms with Crippen LogP contribution in [0.1, 0.15) is 9.67 Å². The van der Waals surface area contributed by atoms with E-state index in [4.69, 9.17) is 5.73 Å². The highest BCUT2D eigenvalue weighted by molar-refractivity contribution is 7.12. The van der Waals surface area contributed by atoms with Crippen molar-refractivity contribution in [1.82, 2.24) is 4.90 Å². The summed E-state index contributed by atoms with van der Waals surface area (Å²) in [7, 11) is 1.09. The number of carbonyl (C=O) groups excluding carboxylic acids is 1. The summed E-state index contributed by atoms with van der Waals surface area (Å²) in [6.07, 6.45) is -4.39. The van der Waals surface area contributed by atoms with Crippen LogP contribution in [0.2, 0.25) is 0 Å². The zero-order valence-corrected chi connectivity index (χ0v) is 8.65. The first-order chi connectivity index (χ1) is 6.81. The Balaban J connectivity index is 2.74. The molecule has 1 aromatic heterocycles. The van der Waals surface area contributed by atoms with E-state index in [9.17, 15) is 18.0 Å². The van der Waals surface area contributed by atoms with Crippen LogP contribution in [0.15, 0.2) is 11.4 Å². The molecular weight excluding hydrogens is 229 g/mol. The van der Waals surface area contributed by atoms with Crippen molar-refractivity contribution in [3.05, 3.63) is 16.3 Å². The summed E-state index contributed by atoms with van der Waals surface area (Å²) in [5, 5.41) is 1.56. The zero-order valence-electron chi connectivity index (χ0n) is 7.84. The van der Waals surface area contributed by atoms with Crippen molar-refractivity contribution in [2.24, 2.45) is 0 Å². The van der Waals surface area contributed by atoms with Crippen molar-refractivity contribution in [3.63, 3.8) is 0 Å². The van der Waals surface area contributed by atoms with E-state index in [1.807, 2.05) is 0 Å². The second kappa shape index (κ2) is 4.09. The molecule has 0 radical (unpaired) electrons. The van der Waals surface area contributed by atoms with Crippen molar-refractivity contribution >= 4 is 22.9 Å². The maximum atomic E-state index is 12.0. The van der Waals surface area contributed by atoms with Gasteiger partial charge in [0.05, 0.1) is 5.69 Å². The van der Waals surface area contributed by atoms with Gasteiger partial charge in [-0.1, -0.05) is 0 Å². The first-order valence-corrected chi connectivity index (χ1v) is 4.84. The highest BCUT2D eigenvalue weighted by Gasteiger charge is 2.32. The minimum Gasteiger partial charge on any atom is -0.397 e. The smallest absolute Gasteiger partial charge is 0.397 e. The molecule has 0 aliphatic carbocycles. The van der Waals surface area contributed by atoms with Crippen LogP contribution in [0.25, 0.3) is 0 Å². The standard InChI is InChI=1S/C8H9F3N2OS/c1-13(4-8(9,10)11)7(14)6-5(12)2-3-15-6/h2-3H,4,12H2,1H3. The molecule has 0 saturated carbocycles. The van der Waals surface area contributed by atoms with E-state index in [2.05, 4.69) is 0 Å². The van der Waals surface area contributed by atoms with Gasteiger partial charge in [-0.15, -0.1) is 11.3 Å². The average molecular weight is 238 g/mol. The maximum Gasteiger partial charge on any atom is 0.406 e. The Hall–Kier alpha value is -1.24. The second-order valence-electron chi connectivity index (χ2n) is 2.98. The molecule has 2 N–H and O–H groups in total. The highest BCUT2D eigenvalue weighted by atomic mass is 32.1. The first-order valence-electron chi connectivity index (χ1n) is 3.96. The van der Waals surface area contributed by atoms with E-state index in [1.165, 1.54) is 6.07 Å². The summed E-state index contributed by atoms with van der Waals surface area (Å²) in [6.45, 7) is -1.27. The summed E-state index contributed by atoms with van der Waals surface area (Å²) in [6, 6.07) is 1.49. The SMILES string of the molecule is CN(CC(F)(F)F)C(=O)c1sccc1N. The number of nitrogens with zero attached hydrogens (tertiary/aromatic N) is 1. The molecule has 7 heteroatoms. The molecule has 0 aliphatic rings. The number of hydrogen-bond donors (Lipinski definition) is 1. The van der Waals surface area contributed by atoms with Gasteiger partial charge in [-0.05, 0) is 11.4 Å². The molecule has 84 valence electrons. The molecule has 3 nitrogen and oxygen atoms in total. The molecule has 1 heterocycles. The van der Waals surface area contributed by atoms with Gasteiger partial charge in [-0.2, -0.15) is 13.2 Å². The van der Waals surface area contributed by atoms with Gasteiger partial charge in [0.15, 0.2) is 0 Å². The van der Waals surface area contributed by atoms with Crippen LogP contribution in [0.5, 0.6) is 0 Å². The first kappa shape index (κ1) is 11.8. The van der Waals surface area contributed by atoms with Crippen LogP contribution in [0.3, 0.4) is 0 Å². The fraction of sp³-hybridized carbons (Fsp3) is 0.375. The molecule has 0 bridgehead atoms. The van der Waals surface area contributed by atoms with E-state index < -0.39 is 18.6 Å². The summed E-state index contributed by atoms with van der Waals surface area (Å²) >= 11 is 1.03. The van der Waals surface area contributed by atoms with Gasteiger partial charge in [0.25, 0.3) is 5.91 Å². The molecule has 1 rings (SSSR count). The largest absolute Gasteiger partial charge is 0.406 e. The number of hydrogen-bond acceptors (Lipinski definition) is 3. The predicted octanol–water partition coefficient (Wildman–Crippen LogP) is 1.96. The van der Waals surface area contributed by atoms with Gasteiger partial charge in [-0.25, -0.2) is 0 Å². The lowest BCUT2D eigenvalue weighted by Gasteiger charge is -2.18. The van der Waals surface area contributed by atoms with Crippen LogP contribution in [0, 0.1) is 0 Å². The summed E-state index contributed by atoms with van der Waals surface area (Å²) in [5.41, 5.74) is 5.63. The third kappa shape index (κ3) is 3.12. The zero-order chi connectivity index (χ0) is 11.6. The lowest BCUT2D eigenvalue weighted by molar-refractivity contribution is -0.138. The number of carbonyl (C=O) groups is 1. The summed E-state index contributed by atoms with van der Waals surface area (Å²) in [4.78, 5) is 12.2. The minimum absolute atomic E-state index is 0.141. The highest BCUT2D eigenvalue weighted by Crippen LogP contribution is 2.22. The Morgan fingerprint density at radius 3 is 2.60 bits per heavy atom. The molecule has 0 spiro atoms. The van der Waals surface area contributed by atoms with E-state index in [-0.39, 0.29) is 10.6 Å². The third-order valence-electron chi connectivity index (χ3n) is 1.65. The van der Waals surface area contributed by atoms with Gasteiger partial charge < -0.3 is 10.6 Å². The Morgan fingerprint density at radius 1 is 1.60 bits per heavy atom. The lowest BCUT2D eigenvalue weighted by Crippen LogP contribution is -2.35. The van der Waals surface area contributed by atoms with Crippen LogP contribution in [-0.4, -0.2) is 30.6 Å². The van der Waals surface area contributed by atoms with E-state index in [0.29, 0.717) is 4.90 Å². The molecule has 0 atom stereocenters. The fourth-order valence-corrected chi connectivity index (χ4v) is 1.82. The second-order valence-corrected chi connectivity index (χ2v) is 3.90. The number of rotatable bonds is 2. The quantitative estimate of drug-likeness (QED) is 0.856. The Kier molecular flexibility index (Phi) is 3.23. The molecule has 0 saturated heterocycles. The molecule has 0 aromatic carbocycles. The van der Waals surface area contributed by atoms with Crippen LogP contribution < -0.4 is 5.73 Å². The van der Waals surface area contributed by atoms with E-state index in [0.717, 1.165) is 18.4 Å². The lowest BCUT2D eigenvalue weighted by atomic mass is 10.3. The Morgan fingerprint density at radius 2 is 2.20 bits per heavy atom. The van der Waals surface area contributed by atoms with Gasteiger partial charge in [-0.3, -0.25) is 4.79 Å². The monoisotopic (exact) mass is 238 g/mol. The minimum atomic E-state index is -4.39. The normalized spacial score (nSPS) is 11.5. The predicted molar refractivity (Wildman–Crippen MR) is 51.7 cm³/mol. The van der Waals surface area contributed by atoms with Crippen LogP contribution in [-0.2, 0) is 0 Å². The van der Waals surface area contributed by atoms with Gasteiger partial charge in [0.2, 0.25) is 0 Å². The van der Waals surface area contributed by atoms with Gasteiger partial charge in [0.1, 0.15) is 11.4 Å². The van der Waals surface area contributed by atoms with Gasteiger partial charge >= 0.3 is 6.18 Å². The van der Waals surface area contributed by atoms with Crippen molar-refractivity contribution < 1.29 is 18.0 Å². The van der Waals surface area contributed by atoms with Crippen molar-refractivity contribution in [1.29, 1.82) is 0 Å². The number of anilines is 1. The maximum absolute atomic E-state index is 12.0. The van der Waals surface area contributed by atoms with Gasteiger partial charge in [0, 0.05) is 7.05 Å².